The topological polar surface area (TPSA) is 88.4 Å². The van der Waals surface area contributed by atoms with Crippen molar-refractivity contribution in [3.63, 3.8) is 0 Å². The number of amides is 1. The zero-order valence-corrected chi connectivity index (χ0v) is 18.9. The molecule has 0 radical (unpaired) electrons. The number of fused-ring (bicyclic) bond motifs is 1. The lowest BCUT2D eigenvalue weighted by Crippen LogP contribution is -2.39. The molecule has 32 heavy (non-hydrogen) atoms. The van der Waals surface area contributed by atoms with Crippen LogP contribution in [0.15, 0.2) is 41.2 Å². The van der Waals surface area contributed by atoms with E-state index in [0.29, 0.717) is 12.1 Å². The number of carbonyl (C=O) groups is 2. The van der Waals surface area contributed by atoms with Gasteiger partial charge in [-0.3, -0.25) is 9.59 Å². The van der Waals surface area contributed by atoms with Gasteiger partial charge < -0.3 is 15.0 Å². The Morgan fingerprint density at radius 2 is 1.69 bits per heavy atom. The maximum absolute atomic E-state index is 13.4. The normalized spacial score (nSPS) is 15.4. The summed E-state index contributed by atoms with van der Waals surface area (Å²) in [4.78, 5) is 38.4. The van der Waals surface area contributed by atoms with Crippen molar-refractivity contribution in [3.05, 3.63) is 69.1 Å². The molecule has 2 aromatic rings. The van der Waals surface area contributed by atoms with Gasteiger partial charge in [0.25, 0.3) is 11.5 Å². The molecule has 0 aliphatic heterocycles. The monoisotopic (exact) mass is 438 g/mol. The molecule has 0 fully saturated rings. The Hall–Kier alpha value is -2.89. The molecule has 0 saturated heterocycles. The minimum atomic E-state index is -1.21. The van der Waals surface area contributed by atoms with Crippen LogP contribution in [0.2, 0.25) is 0 Å². The number of hydrogen-bond donors (Lipinski definition) is 2. The quantitative estimate of drug-likeness (QED) is 0.659. The molecule has 1 heterocycles. The SMILES string of the molecule is CCCCn1c2c(cc(C(=O)NC(C(=O)O)c3ccccc3)c1=O)CCCCCCCC2. The summed E-state index contributed by atoms with van der Waals surface area (Å²) in [6.07, 6.45) is 10.3. The smallest absolute Gasteiger partial charge is 0.330 e. The number of nitrogens with one attached hydrogen (secondary N) is 1. The Balaban J connectivity index is 1.99. The van der Waals surface area contributed by atoms with Gasteiger partial charge in [0.1, 0.15) is 5.56 Å². The van der Waals surface area contributed by atoms with E-state index in [1.165, 1.54) is 12.8 Å². The molecule has 1 atom stereocenters. The maximum Gasteiger partial charge on any atom is 0.330 e. The highest BCUT2D eigenvalue weighted by atomic mass is 16.4. The Bertz CT molecular complexity index is 981. The Morgan fingerprint density at radius 3 is 2.34 bits per heavy atom. The highest BCUT2D eigenvalue weighted by Crippen LogP contribution is 2.21. The molecule has 2 N–H and O–H groups in total. The molecule has 0 spiro atoms. The van der Waals surface area contributed by atoms with Crippen LogP contribution in [-0.2, 0) is 24.2 Å². The molecule has 1 aromatic carbocycles. The Labute approximate surface area is 189 Å². The Morgan fingerprint density at radius 1 is 1.03 bits per heavy atom. The zero-order chi connectivity index (χ0) is 22.9. The van der Waals surface area contributed by atoms with E-state index in [-0.39, 0.29) is 11.1 Å². The van der Waals surface area contributed by atoms with Crippen molar-refractivity contribution in [2.75, 3.05) is 0 Å². The number of pyridine rings is 1. The van der Waals surface area contributed by atoms with Crippen molar-refractivity contribution in [1.29, 1.82) is 0 Å². The molecule has 1 aromatic heterocycles. The summed E-state index contributed by atoms with van der Waals surface area (Å²) in [5, 5.41) is 12.3. The summed E-state index contributed by atoms with van der Waals surface area (Å²) in [5.41, 5.74) is 2.31. The summed E-state index contributed by atoms with van der Waals surface area (Å²) in [5.74, 6) is -1.79. The van der Waals surface area contributed by atoms with Crippen LogP contribution in [0.4, 0.5) is 0 Å². The van der Waals surface area contributed by atoms with E-state index in [9.17, 15) is 19.5 Å². The fourth-order valence-electron chi connectivity index (χ4n) is 4.44. The number of unbranched alkanes of at least 4 members (excludes halogenated alkanes) is 1. The number of carboxylic acid groups (broad SMARTS) is 1. The van der Waals surface area contributed by atoms with Crippen LogP contribution in [-0.4, -0.2) is 21.6 Å². The van der Waals surface area contributed by atoms with Crippen LogP contribution < -0.4 is 10.9 Å². The highest BCUT2D eigenvalue weighted by Gasteiger charge is 2.25. The van der Waals surface area contributed by atoms with Crippen molar-refractivity contribution in [1.82, 2.24) is 9.88 Å². The summed E-state index contributed by atoms with van der Waals surface area (Å²) in [7, 11) is 0. The first-order valence-corrected chi connectivity index (χ1v) is 11.9. The number of nitrogens with zero attached hydrogens (tertiary/aromatic N) is 1. The van der Waals surface area contributed by atoms with E-state index in [1.54, 1.807) is 41.0 Å². The van der Waals surface area contributed by atoms with Crippen molar-refractivity contribution in [2.24, 2.45) is 0 Å². The number of carboxylic acids is 1. The van der Waals surface area contributed by atoms with Crippen LogP contribution >= 0.6 is 0 Å². The van der Waals surface area contributed by atoms with Crippen LogP contribution in [0.1, 0.15) is 91.5 Å². The Kier molecular flexibility index (Phi) is 8.65. The molecule has 6 heteroatoms. The average Bonchev–Trinajstić information content (AvgIpc) is 2.80. The second-order valence-electron chi connectivity index (χ2n) is 8.62. The number of carbonyl (C=O) groups excluding carboxylic acids is 1. The molecule has 0 saturated carbocycles. The lowest BCUT2D eigenvalue weighted by Gasteiger charge is -2.21. The molecular weight excluding hydrogens is 404 g/mol. The minimum Gasteiger partial charge on any atom is -0.479 e. The van der Waals surface area contributed by atoms with Gasteiger partial charge in [0.2, 0.25) is 0 Å². The third-order valence-corrected chi connectivity index (χ3v) is 6.24. The van der Waals surface area contributed by atoms with Gasteiger partial charge in [0, 0.05) is 12.2 Å². The van der Waals surface area contributed by atoms with E-state index < -0.39 is 17.9 Å². The fraction of sp³-hybridized carbons (Fsp3) is 0.500. The lowest BCUT2D eigenvalue weighted by atomic mass is 9.96. The lowest BCUT2D eigenvalue weighted by molar-refractivity contribution is -0.139. The zero-order valence-electron chi connectivity index (χ0n) is 18.9. The van der Waals surface area contributed by atoms with Crippen molar-refractivity contribution in [2.45, 2.75) is 83.7 Å². The molecule has 1 unspecified atom stereocenters. The van der Waals surface area contributed by atoms with Crippen molar-refractivity contribution < 1.29 is 14.7 Å². The molecule has 1 amide bonds. The van der Waals surface area contributed by atoms with Crippen LogP contribution in [0.3, 0.4) is 0 Å². The molecule has 172 valence electrons. The molecular formula is C26H34N2O4. The predicted octanol–water partition coefficient (Wildman–Crippen LogP) is 4.64. The number of aliphatic carboxylic acids is 1. The van der Waals surface area contributed by atoms with Gasteiger partial charge >= 0.3 is 5.97 Å². The van der Waals surface area contributed by atoms with Crippen molar-refractivity contribution >= 4 is 11.9 Å². The fourth-order valence-corrected chi connectivity index (χ4v) is 4.44. The van der Waals surface area contributed by atoms with E-state index in [1.807, 2.05) is 0 Å². The second-order valence-corrected chi connectivity index (χ2v) is 8.62. The molecule has 6 nitrogen and oxygen atoms in total. The van der Waals surface area contributed by atoms with E-state index in [0.717, 1.165) is 62.6 Å². The summed E-state index contributed by atoms with van der Waals surface area (Å²) in [6.45, 7) is 2.66. The number of rotatable bonds is 7. The van der Waals surface area contributed by atoms with E-state index >= 15 is 0 Å². The third kappa shape index (κ3) is 5.87. The molecule has 1 aliphatic carbocycles. The number of aromatic nitrogens is 1. The van der Waals surface area contributed by atoms with E-state index in [2.05, 4.69) is 12.2 Å². The van der Waals surface area contributed by atoms with Crippen LogP contribution in [0.25, 0.3) is 0 Å². The highest BCUT2D eigenvalue weighted by molar-refractivity contribution is 5.96. The maximum atomic E-state index is 13.4. The van der Waals surface area contributed by atoms with Gasteiger partial charge in [0.15, 0.2) is 6.04 Å². The predicted molar refractivity (Wildman–Crippen MR) is 125 cm³/mol. The molecule has 3 rings (SSSR count). The standard InChI is InChI=1S/C26H34N2O4/c1-2-3-17-28-22-16-12-7-5-4-6-9-15-20(22)18-21(25(28)30)24(29)27-23(26(31)32)19-13-10-8-11-14-19/h8,10-11,13-14,18,23H,2-7,9,12,15-17H2,1H3,(H,27,29)(H,31,32). The van der Waals surface area contributed by atoms with Crippen LogP contribution in [0, 0.1) is 0 Å². The minimum absolute atomic E-state index is 0.0408. The molecule has 1 aliphatic rings. The van der Waals surface area contributed by atoms with E-state index in [4.69, 9.17) is 0 Å². The summed E-state index contributed by atoms with van der Waals surface area (Å²) in [6, 6.07) is 9.08. The first kappa shape index (κ1) is 23.8. The van der Waals surface area contributed by atoms with Gasteiger partial charge in [0.05, 0.1) is 0 Å². The van der Waals surface area contributed by atoms with Gasteiger partial charge in [-0.15, -0.1) is 0 Å². The first-order valence-electron chi connectivity index (χ1n) is 11.9. The van der Waals surface area contributed by atoms with Gasteiger partial charge in [-0.25, -0.2) is 4.79 Å². The van der Waals surface area contributed by atoms with Crippen molar-refractivity contribution in [3.8, 4) is 0 Å². The van der Waals surface area contributed by atoms with Crippen LogP contribution in [0.5, 0.6) is 0 Å². The largest absolute Gasteiger partial charge is 0.479 e. The molecule has 0 bridgehead atoms. The first-order chi connectivity index (χ1) is 15.5. The van der Waals surface area contributed by atoms with Gasteiger partial charge in [-0.2, -0.15) is 0 Å². The average molecular weight is 439 g/mol. The number of aryl methyl sites for hydroxylation is 1. The second kappa shape index (κ2) is 11.7. The summed E-state index contributed by atoms with van der Waals surface area (Å²) >= 11 is 0. The summed E-state index contributed by atoms with van der Waals surface area (Å²) < 4.78 is 1.79. The third-order valence-electron chi connectivity index (χ3n) is 6.24. The number of hydrogen-bond acceptors (Lipinski definition) is 3. The van der Waals surface area contributed by atoms with Gasteiger partial charge in [-0.05, 0) is 49.3 Å². The number of benzene rings is 1. The van der Waals surface area contributed by atoms with Gasteiger partial charge in [-0.1, -0.05) is 69.4 Å².